The zero-order valence-corrected chi connectivity index (χ0v) is 20.2. The molecule has 0 bridgehead atoms. The summed E-state index contributed by atoms with van der Waals surface area (Å²) in [6.45, 7) is 2.73. The van der Waals surface area contributed by atoms with Gasteiger partial charge in [0.2, 0.25) is 11.7 Å². The molecule has 1 saturated heterocycles. The SMILES string of the molecule is C[C@@H]1CN(c2c(Cl)cnc3cc(C(F)(F)F)ccc23)CC[C@@H]1C(=O)N1CCn2c(nnc2C(F)(F)F)C1. The van der Waals surface area contributed by atoms with Gasteiger partial charge in [0.15, 0.2) is 5.82 Å². The first-order valence-corrected chi connectivity index (χ1v) is 11.9. The Morgan fingerprint density at radius 2 is 1.81 bits per heavy atom. The minimum absolute atomic E-state index is 0.0470. The summed E-state index contributed by atoms with van der Waals surface area (Å²) in [5.74, 6) is -1.68. The Kier molecular flexibility index (Phi) is 6.24. The molecule has 0 N–H and O–H groups in total. The molecule has 0 spiro atoms. The third kappa shape index (κ3) is 4.69. The third-order valence-electron chi connectivity index (χ3n) is 6.98. The number of aromatic nitrogens is 4. The lowest BCUT2D eigenvalue weighted by Crippen LogP contribution is -2.49. The van der Waals surface area contributed by atoms with Gasteiger partial charge < -0.3 is 14.4 Å². The van der Waals surface area contributed by atoms with E-state index in [0.717, 1.165) is 16.7 Å². The Balaban J connectivity index is 1.32. The van der Waals surface area contributed by atoms with Gasteiger partial charge in [-0.15, -0.1) is 10.2 Å². The number of alkyl halides is 6. The quantitative estimate of drug-likeness (QED) is 0.422. The Labute approximate surface area is 212 Å². The summed E-state index contributed by atoms with van der Waals surface area (Å²) in [6, 6.07) is 3.32. The highest BCUT2D eigenvalue weighted by molar-refractivity contribution is 6.34. The Hall–Kier alpha value is -3.09. The highest BCUT2D eigenvalue weighted by Crippen LogP contribution is 2.39. The van der Waals surface area contributed by atoms with Crippen molar-refractivity contribution in [3.8, 4) is 0 Å². The molecule has 2 aliphatic heterocycles. The van der Waals surface area contributed by atoms with Gasteiger partial charge >= 0.3 is 12.4 Å². The molecule has 2 atom stereocenters. The number of benzene rings is 1. The summed E-state index contributed by atoms with van der Waals surface area (Å²) in [6.07, 6.45) is -7.36. The van der Waals surface area contributed by atoms with Crippen LogP contribution >= 0.6 is 11.6 Å². The molecule has 7 nitrogen and oxygen atoms in total. The van der Waals surface area contributed by atoms with E-state index in [1.807, 2.05) is 11.8 Å². The van der Waals surface area contributed by atoms with Crippen LogP contribution in [0.4, 0.5) is 32.0 Å². The molecular formula is C23H21ClF6N6O. The van der Waals surface area contributed by atoms with Gasteiger partial charge in [-0.3, -0.25) is 9.78 Å². The summed E-state index contributed by atoms with van der Waals surface area (Å²) in [5.41, 5.74) is -0.0854. The van der Waals surface area contributed by atoms with Crippen molar-refractivity contribution in [1.29, 1.82) is 0 Å². The van der Waals surface area contributed by atoms with Crippen molar-refractivity contribution in [2.75, 3.05) is 24.5 Å². The molecule has 0 aliphatic carbocycles. The second kappa shape index (κ2) is 9.03. The monoisotopic (exact) mass is 546 g/mol. The van der Waals surface area contributed by atoms with E-state index in [-0.39, 0.29) is 48.7 Å². The van der Waals surface area contributed by atoms with Gasteiger partial charge in [-0.25, -0.2) is 0 Å². The van der Waals surface area contributed by atoms with Crippen LogP contribution in [-0.2, 0) is 30.2 Å². The average molecular weight is 547 g/mol. The number of rotatable bonds is 2. The van der Waals surface area contributed by atoms with Crippen LogP contribution in [0.2, 0.25) is 5.02 Å². The van der Waals surface area contributed by atoms with Crippen LogP contribution in [0.3, 0.4) is 0 Å². The normalized spacial score (nSPS) is 20.9. The average Bonchev–Trinajstić information content (AvgIpc) is 3.26. The van der Waals surface area contributed by atoms with E-state index < -0.39 is 23.7 Å². The number of halogens is 7. The topological polar surface area (TPSA) is 67.2 Å². The molecule has 1 amide bonds. The molecular weight excluding hydrogens is 526 g/mol. The van der Waals surface area contributed by atoms with Gasteiger partial charge in [0.1, 0.15) is 0 Å². The number of pyridine rings is 1. The Morgan fingerprint density at radius 3 is 2.49 bits per heavy atom. The maximum absolute atomic E-state index is 13.3. The molecule has 0 radical (unpaired) electrons. The van der Waals surface area contributed by atoms with Crippen molar-refractivity contribution in [2.45, 2.75) is 38.8 Å². The Bertz CT molecular complexity index is 1360. The number of piperidine rings is 1. The fourth-order valence-electron chi connectivity index (χ4n) is 5.16. The van der Waals surface area contributed by atoms with Gasteiger partial charge in [0.05, 0.1) is 28.3 Å². The number of amides is 1. The summed E-state index contributed by atoms with van der Waals surface area (Å²) >= 11 is 6.42. The van der Waals surface area contributed by atoms with Crippen LogP contribution in [0.1, 0.15) is 30.6 Å². The van der Waals surface area contributed by atoms with Crippen molar-refractivity contribution in [3.05, 3.63) is 46.6 Å². The lowest BCUT2D eigenvalue weighted by atomic mass is 9.85. The molecule has 1 fully saturated rings. The molecule has 2 aromatic heterocycles. The van der Waals surface area contributed by atoms with Gasteiger partial charge in [-0.2, -0.15) is 26.3 Å². The first kappa shape index (κ1) is 25.6. The number of nitrogens with zero attached hydrogens (tertiary/aromatic N) is 6. The maximum atomic E-state index is 13.3. The van der Waals surface area contributed by atoms with Crippen molar-refractivity contribution < 1.29 is 31.1 Å². The lowest BCUT2D eigenvalue weighted by Gasteiger charge is -2.40. The van der Waals surface area contributed by atoms with Gasteiger partial charge in [0.25, 0.3) is 0 Å². The minimum atomic E-state index is -4.62. The summed E-state index contributed by atoms with van der Waals surface area (Å²) in [5, 5.41) is 7.65. The Morgan fingerprint density at radius 1 is 1.05 bits per heavy atom. The van der Waals surface area contributed by atoms with E-state index in [4.69, 9.17) is 11.6 Å². The van der Waals surface area contributed by atoms with Crippen molar-refractivity contribution in [1.82, 2.24) is 24.6 Å². The van der Waals surface area contributed by atoms with Crippen LogP contribution in [0.25, 0.3) is 10.9 Å². The van der Waals surface area contributed by atoms with E-state index in [9.17, 15) is 31.1 Å². The third-order valence-corrected chi connectivity index (χ3v) is 7.26. The zero-order valence-electron chi connectivity index (χ0n) is 19.4. The van der Waals surface area contributed by atoms with E-state index in [1.165, 1.54) is 17.2 Å². The number of carbonyl (C=O) groups excluding carboxylic acids is 1. The fourth-order valence-corrected chi connectivity index (χ4v) is 5.43. The number of fused-ring (bicyclic) bond motifs is 2. The maximum Gasteiger partial charge on any atom is 0.451 e. The van der Waals surface area contributed by atoms with Gasteiger partial charge in [-0.1, -0.05) is 24.6 Å². The summed E-state index contributed by atoms with van der Waals surface area (Å²) in [4.78, 5) is 20.8. The van der Waals surface area contributed by atoms with E-state index in [2.05, 4.69) is 15.2 Å². The highest BCUT2D eigenvalue weighted by Gasteiger charge is 2.41. The number of anilines is 1. The predicted molar refractivity (Wildman–Crippen MR) is 122 cm³/mol. The second-order valence-electron chi connectivity index (χ2n) is 9.35. The minimum Gasteiger partial charge on any atom is -0.369 e. The largest absolute Gasteiger partial charge is 0.451 e. The standard InChI is InChI=1S/C23H21ClF6N6O/c1-12-10-34(19-15-3-2-13(22(25,26)27)8-17(15)31-9-16(19)24)5-4-14(12)20(37)35-6-7-36-18(11-35)32-33-21(36)23(28,29)30/h2-3,8-9,12,14H,4-7,10-11H2,1H3/t12-,14+/m1/s1. The molecule has 198 valence electrons. The van der Waals surface area contributed by atoms with Gasteiger partial charge in [-0.05, 0) is 24.5 Å². The number of hydrogen-bond acceptors (Lipinski definition) is 5. The number of carbonyl (C=O) groups is 1. The molecule has 14 heteroatoms. The molecule has 1 aromatic carbocycles. The molecule has 0 unspecified atom stereocenters. The van der Waals surface area contributed by atoms with E-state index in [0.29, 0.717) is 35.6 Å². The van der Waals surface area contributed by atoms with Crippen LogP contribution < -0.4 is 4.90 Å². The molecule has 4 heterocycles. The summed E-state index contributed by atoms with van der Waals surface area (Å²) in [7, 11) is 0. The number of hydrogen-bond donors (Lipinski definition) is 0. The first-order chi connectivity index (χ1) is 17.3. The zero-order chi connectivity index (χ0) is 26.7. The molecule has 5 rings (SSSR count). The first-order valence-electron chi connectivity index (χ1n) is 11.5. The van der Waals surface area contributed by atoms with E-state index in [1.54, 1.807) is 0 Å². The molecule has 2 aliphatic rings. The summed E-state index contributed by atoms with van der Waals surface area (Å²) < 4.78 is 79.8. The predicted octanol–water partition coefficient (Wildman–Crippen LogP) is 5.02. The molecule has 37 heavy (non-hydrogen) atoms. The highest BCUT2D eigenvalue weighted by atomic mass is 35.5. The fraction of sp³-hybridized carbons (Fsp3) is 0.478. The smallest absolute Gasteiger partial charge is 0.369 e. The van der Waals surface area contributed by atoms with Crippen LogP contribution in [0, 0.1) is 11.8 Å². The molecule has 0 saturated carbocycles. The van der Waals surface area contributed by atoms with Crippen molar-refractivity contribution >= 4 is 34.1 Å². The lowest BCUT2D eigenvalue weighted by molar-refractivity contribution is -0.148. The second-order valence-corrected chi connectivity index (χ2v) is 9.76. The van der Waals surface area contributed by atoms with Crippen LogP contribution in [0.5, 0.6) is 0 Å². The molecule has 3 aromatic rings. The van der Waals surface area contributed by atoms with Crippen molar-refractivity contribution in [2.24, 2.45) is 11.8 Å². The van der Waals surface area contributed by atoms with Gasteiger partial charge in [0, 0.05) is 43.7 Å². The van der Waals surface area contributed by atoms with E-state index >= 15 is 0 Å². The van der Waals surface area contributed by atoms with Crippen LogP contribution in [0.15, 0.2) is 24.4 Å². The van der Waals surface area contributed by atoms with Crippen LogP contribution in [-0.4, -0.2) is 50.2 Å². The van der Waals surface area contributed by atoms with Crippen molar-refractivity contribution in [3.63, 3.8) is 0 Å².